The van der Waals surface area contributed by atoms with Gasteiger partial charge in [-0.1, -0.05) is 29.8 Å². The van der Waals surface area contributed by atoms with Crippen LogP contribution in [0.4, 0.5) is 5.69 Å². The number of aromatic nitrogens is 1. The van der Waals surface area contributed by atoms with Crippen molar-refractivity contribution in [3.63, 3.8) is 0 Å². The van der Waals surface area contributed by atoms with E-state index in [4.69, 9.17) is 16.3 Å². The maximum atomic E-state index is 13.3. The molecule has 31 heavy (non-hydrogen) atoms. The van der Waals surface area contributed by atoms with E-state index in [1.807, 2.05) is 49.4 Å². The van der Waals surface area contributed by atoms with Gasteiger partial charge in [-0.05, 0) is 67.1 Å². The third-order valence-corrected chi connectivity index (χ3v) is 5.48. The number of fused-ring (bicyclic) bond motifs is 1. The van der Waals surface area contributed by atoms with Crippen LogP contribution in [-0.4, -0.2) is 23.5 Å². The van der Waals surface area contributed by atoms with E-state index >= 15 is 0 Å². The first-order valence-corrected chi connectivity index (χ1v) is 10.2. The number of methoxy groups -OCH3 is 1. The van der Waals surface area contributed by atoms with E-state index in [9.17, 15) is 9.59 Å². The van der Waals surface area contributed by atoms with E-state index in [2.05, 4.69) is 5.32 Å². The molecule has 0 spiro atoms. The Morgan fingerprint density at radius 3 is 2.45 bits per heavy atom. The molecule has 0 saturated carbocycles. The Bertz CT molecular complexity index is 1260. The summed E-state index contributed by atoms with van der Waals surface area (Å²) in [4.78, 5) is 26.1. The average Bonchev–Trinajstić information content (AvgIpc) is 3.05. The van der Waals surface area contributed by atoms with Gasteiger partial charge in [0.1, 0.15) is 5.75 Å². The number of carbonyl (C=O) groups is 2. The van der Waals surface area contributed by atoms with E-state index < -0.39 is 0 Å². The maximum Gasteiger partial charge on any atom is 0.262 e. The van der Waals surface area contributed by atoms with Crippen LogP contribution in [0.2, 0.25) is 5.02 Å². The number of anilines is 1. The molecule has 0 bridgehead atoms. The van der Waals surface area contributed by atoms with E-state index in [-0.39, 0.29) is 18.2 Å². The molecule has 0 aliphatic rings. The normalized spacial score (nSPS) is 10.8. The smallest absolute Gasteiger partial charge is 0.262 e. The van der Waals surface area contributed by atoms with Crippen molar-refractivity contribution in [3.8, 4) is 5.75 Å². The number of nitrogens with one attached hydrogen (secondary N) is 1. The van der Waals surface area contributed by atoms with Gasteiger partial charge in [-0.25, -0.2) is 0 Å². The van der Waals surface area contributed by atoms with Crippen molar-refractivity contribution in [2.45, 2.75) is 13.3 Å². The Morgan fingerprint density at radius 1 is 1.06 bits per heavy atom. The molecule has 4 rings (SSSR count). The third kappa shape index (κ3) is 4.18. The minimum Gasteiger partial charge on any atom is -0.497 e. The standard InChI is InChI=1S/C25H21ClN2O3/c1-16-21(15-24(29)27-19-6-4-3-5-7-19)22-14-20(31-2)12-13-23(22)28(16)25(30)17-8-10-18(26)11-9-17/h3-14H,15H2,1-2H3,(H,27,29)/i29+2. The Balaban J connectivity index is 1.77. The zero-order valence-electron chi connectivity index (χ0n) is 17.2. The monoisotopic (exact) mass is 434 g/mol. The summed E-state index contributed by atoms with van der Waals surface area (Å²) >= 11 is 5.97. The van der Waals surface area contributed by atoms with Gasteiger partial charge in [0.25, 0.3) is 5.91 Å². The lowest BCUT2D eigenvalue weighted by Crippen LogP contribution is -2.16. The second-order valence-electron chi connectivity index (χ2n) is 7.19. The molecular formula is C25H21ClN2O3. The van der Waals surface area contributed by atoms with Gasteiger partial charge in [0, 0.05) is 27.4 Å². The number of nitrogens with zero attached hydrogens (tertiary/aromatic N) is 1. The molecule has 1 amide bonds. The van der Waals surface area contributed by atoms with Crippen LogP contribution in [0.15, 0.2) is 72.8 Å². The largest absolute Gasteiger partial charge is 0.497 e. The first kappa shape index (κ1) is 20.7. The summed E-state index contributed by atoms with van der Waals surface area (Å²) in [6.07, 6.45) is 0.130. The van der Waals surface area contributed by atoms with Crippen LogP contribution in [0.5, 0.6) is 5.75 Å². The molecule has 0 fully saturated rings. The van der Waals surface area contributed by atoms with Gasteiger partial charge in [-0.2, -0.15) is 0 Å². The molecule has 5 nitrogen and oxygen atoms in total. The Labute approximate surface area is 185 Å². The number of benzene rings is 3. The minimum atomic E-state index is -0.181. The predicted molar refractivity (Wildman–Crippen MR) is 123 cm³/mol. The molecule has 0 saturated heterocycles. The molecular weight excluding hydrogens is 414 g/mol. The van der Waals surface area contributed by atoms with Crippen LogP contribution in [0.1, 0.15) is 21.6 Å². The molecule has 0 radical (unpaired) electrons. The number of hydrogen-bond acceptors (Lipinski definition) is 3. The van der Waals surface area contributed by atoms with Crippen molar-refractivity contribution < 1.29 is 14.3 Å². The number of amides is 1. The first-order chi connectivity index (χ1) is 15.0. The van der Waals surface area contributed by atoms with Crippen molar-refractivity contribution >= 4 is 40.0 Å². The van der Waals surface area contributed by atoms with Gasteiger partial charge >= 0.3 is 0 Å². The number of para-hydroxylation sites is 1. The highest BCUT2D eigenvalue weighted by Crippen LogP contribution is 2.31. The molecule has 1 heterocycles. The highest BCUT2D eigenvalue weighted by atomic mass is 35.5. The van der Waals surface area contributed by atoms with E-state index in [1.54, 1.807) is 42.0 Å². The van der Waals surface area contributed by atoms with Crippen molar-refractivity contribution in [1.29, 1.82) is 0 Å². The molecule has 0 aliphatic heterocycles. The van der Waals surface area contributed by atoms with Crippen molar-refractivity contribution in [3.05, 3.63) is 94.6 Å². The zero-order valence-corrected chi connectivity index (χ0v) is 17.9. The minimum absolute atomic E-state index is 0.130. The molecule has 0 unspecified atom stereocenters. The molecule has 6 heteroatoms. The number of halogens is 1. The molecule has 1 N–H and O–H groups in total. The van der Waals surface area contributed by atoms with Gasteiger partial charge in [0.15, 0.2) is 0 Å². The molecule has 0 aliphatic carbocycles. The Hall–Kier alpha value is -3.57. The van der Waals surface area contributed by atoms with E-state index in [0.29, 0.717) is 22.0 Å². The summed E-state index contributed by atoms with van der Waals surface area (Å²) in [5, 5.41) is 4.28. The lowest BCUT2D eigenvalue weighted by atomic mass is 10.1. The SMILES string of the molecule is COc1ccc2c(c1)c(CC(=[18O])Nc1ccccc1)c(C)n2C(=O)c1ccc(Cl)cc1. The van der Waals surface area contributed by atoms with Crippen LogP contribution < -0.4 is 10.1 Å². The summed E-state index contributed by atoms with van der Waals surface area (Å²) in [5.74, 6) is 0.322. The van der Waals surface area contributed by atoms with Gasteiger partial charge < -0.3 is 10.1 Å². The molecule has 0 atom stereocenters. The van der Waals surface area contributed by atoms with Gasteiger partial charge in [0.2, 0.25) is 5.91 Å². The summed E-state index contributed by atoms with van der Waals surface area (Å²) < 4.78 is 7.02. The van der Waals surface area contributed by atoms with Gasteiger partial charge in [-0.15, -0.1) is 0 Å². The lowest BCUT2D eigenvalue weighted by Gasteiger charge is -2.08. The van der Waals surface area contributed by atoms with Crippen molar-refractivity contribution in [2.24, 2.45) is 0 Å². The average molecular weight is 435 g/mol. The maximum absolute atomic E-state index is 13.3. The number of hydrogen-bond donors (Lipinski definition) is 1. The van der Waals surface area contributed by atoms with Crippen LogP contribution >= 0.6 is 11.6 Å². The number of rotatable bonds is 5. The topological polar surface area (TPSA) is 60.3 Å². The second kappa shape index (κ2) is 8.66. The van der Waals surface area contributed by atoms with Crippen LogP contribution in [0.3, 0.4) is 0 Å². The fraction of sp³-hybridized carbons (Fsp3) is 0.120. The third-order valence-electron chi connectivity index (χ3n) is 5.23. The highest BCUT2D eigenvalue weighted by Gasteiger charge is 2.22. The number of carbonyl (C=O) groups excluding carboxylic acids is 2. The van der Waals surface area contributed by atoms with E-state index in [0.717, 1.165) is 22.2 Å². The van der Waals surface area contributed by atoms with E-state index in [1.165, 1.54) is 0 Å². The van der Waals surface area contributed by atoms with Crippen molar-refractivity contribution in [2.75, 3.05) is 12.4 Å². The van der Waals surface area contributed by atoms with Crippen molar-refractivity contribution in [1.82, 2.24) is 4.57 Å². The summed E-state index contributed by atoms with van der Waals surface area (Å²) in [7, 11) is 1.59. The van der Waals surface area contributed by atoms with Crippen LogP contribution in [0.25, 0.3) is 10.9 Å². The van der Waals surface area contributed by atoms with Gasteiger partial charge in [0.05, 0.1) is 19.0 Å². The fourth-order valence-electron chi connectivity index (χ4n) is 3.68. The lowest BCUT2D eigenvalue weighted by molar-refractivity contribution is -0.115. The Morgan fingerprint density at radius 2 is 1.77 bits per heavy atom. The summed E-state index contributed by atoms with van der Waals surface area (Å²) in [5.41, 5.74) is 3.46. The summed E-state index contributed by atoms with van der Waals surface area (Å²) in [6.45, 7) is 1.85. The summed E-state index contributed by atoms with van der Waals surface area (Å²) in [6, 6.07) is 21.6. The Kier molecular flexibility index (Phi) is 5.78. The van der Waals surface area contributed by atoms with Crippen LogP contribution in [-0.2, 0) is 11.2 Å². The molecule has 3 aromatic carbocycles. The molecule has 156 valence electrons. The first-order valence-electron chi connectivity index (χ1n) is 9.81. The molecule has 1 aromatic heterocycles. The van der Waals surface area contributed by atoms with Gasteiger partial charge in [-0.3, -0.25) is 14.2 Å². The number of ether oxygens (including phenoxy) is 1. The van der Waals surface area contributed by atoms with Crippen LogP contribution in [0, 0.1) is 6.92 Å². The second-order valence-corrected chi connectivity index (χ2v) is 7.62. The molecule has 4 aromatic rings. The fourth-order valence-corrected chi connectivity index (χ4v) is 3.81. The highest BCUT2D eigenvalue weighted by molar-refractivity contribution is 6.30. The predicted octanol–water partition coefficient (Wildman–Crippen LogP) is 5.48. The zero-order chi connectivity index (χ0) is 22.0. The quantitative estimate of drug-likeness (QED) is 0.423.